The summed E-state index contributed by atoms with van der Waals surface area (Å²) < 4.78 is 0. The number of carbonyl (C=O) groups is 2. The van der Waals surface area contributed by atoms with Crippen molar-refractivity contribution in [1.82, 2.24) is 10.2 Å². The fourth-order valence-corrected chi connectivity index (χ4v) is 5.89. The lowest BCUT2D eigenvalue weighted by atomic mass is 10.0. The summed E-state index contributed by atoms with van der Waals surface area (Å²) >= 11 is 1.64. The highest BCUT2D eigenvalue weighted by molar-refractivity contribution is 8.00. The van der Waals surface area contributed by atoms with Crippen molar-refractivity contribution < 1.29 is 9.59 Å². The molecule has 2 amide bonds. The summed E-state index contributed by atoms with van der Waals surface area (Å²) in [5.41, 5.74) is 6.81. The molecule has 4 nitrogen and oxygen atoms in total. The smallest absolute Gasteiger partial charge is 0.251 e. The molecule has 0 saturated carbocycles. The molecule has 1 fully saturated rings. The van der Waals surface area contributed by atoms with Crippen LogP contribution in [0.2, 0.25) is 0 Å². The van der Waals surface area contributed by atoms with Crippen LogP contribution in [-0.4, -0.2) is 22.5 Å². The molecule has 0 aromatic heterocycles. The standard InChI is InChI=1S/C28H28N2O2S/c1-19(24-15-10-21-8-5-9-25(21)16-24)29-27(32)22-11-13-23(14-12-22)28-30(26(31)18-33-28)17-20-6-3-2-4-7-20/h2-4,6-7,10-16,19,28H,5,8-9,17-18H2,1H3,(H,29,32)/t19-,28+/m1/s1. The molecule has 1 aliphatic carbocycles. The SMILES string of the molecule is C[C@@H](NC(=O)c1ccc([C@@H]2SCC(=O)N2Cc2ccccc2)cc1)c1ccc2c(c1)CCC2. The molecule has 5 heteroatoms. The van der Waals surface area contributed by atoms with Gasteiger partial charge in [0.05, 0.1) is 11.8 Å². The molecule has 0 unspecified atom stereocenters. The van der Waals surface area contributed by atoms with Crippen molar-refractivity contribution in [3.05, 3.63) is 106 Å². The summed E-state index contributed by atoms with van der Waals surface area (Å²) in [5.74, 6) is 0.558. The van der Waals surface area contributed by atoms with E-state index in [9.17, 15) is 9.59 Å². The largest absolute Gasteiger partial charge is 0.346 e. The van der Waals surface area contributed by atoms with Gasteiger partial charge in [-0.25, -0.2) is 0 Å². The average molecular weight is 457 g/mol. The van der Waals surface area contributed by atoms with E-state index in [-0.39, 0.29) is 23.2 Å². The second kappa shape index (κ2) is 9.44. The van der Waals surface area contributed by atoms with Crippen molar-refractivity contribution in [2.45, 2.75) is 44.1 Å². The molecule has 0 radical (unpaired) electrons. The van der Waals surface area contributed by atoms with Gasteiger partial charge in [0, 0.05) is 12.1 Å². The van der Waals surface area contributed by atoms with Gasteiger partial charge in [0.2, 0.25) is 5.91 Å². The zero-order valence-corrected chi connectivity index (χ0v) is 19.6. The van der Waals surface area contributed by atoms with Gasteiger partial charge in [-0.05, 0) is 66.1 Å². The van der Waals surface area contributed by atoms with E-state index in [1.807, 2.05) is 66.4 Å². The lowest BCUT2D eigenvalue weighted by molar-refractivity contribution is -0.128. The number of thioether (sulfide) groups is 1. The lowest BCUT2D eigenvalue weighted by Crippen LogP contribution is -2.28. The van der Waals surface area contributed by atoms with Crippen LogP contribution in [-0.2, 0) is 24.2 Å². The van der Waals surface area contributed by atoms with Gasteiger partial charge in [-0.15, -0.1) is 11.8 Å². The van der Waals surface area contributed by atoms with Crippen molar-refractivity contribution in [3.8, 4) is 0 Å². The zero-order valence-electron chi connectivity index (χ0n) is 18.8. The highest BCUT2D eigenvalue weighted by Crippen LogP contribution is 2.39. The number of nitrogens with one attached hydrogen (secondary N) is 1. The molecule has 168 valence electrons. The lowest BCUT2D eigenvalue weighted by Gasteiger charge is -2.24. The molecule has 3 aromatic carbocycles. The monoisotopic (exact) mass is 456 g/mol. The first-order chi connectivity index (χ1) is 16.1. The summed E-state index contributed by atoms with van der Waals surface area (Å²) in [4.78, 5) is 27.3. The Morgan fingerprint density at radius 1 is 1.03 bits per heavy atom. The summed E-state index contributed by atoms with van der Waals surface area (Å²) in [5, 5.41) is 3.10. The molecule has 3 aromatic rings. The highest BCUT2D eigenvalue weighted by Gasteiger charge is 2.32. The van der Waals surface area contributed by atoms with Gasteiger partial charge in [0.1, 0.15) is 5.37 Å². The van der Waals surface area contributed by atoms with E-state index < -0.39 is 0 Å². The predicted molar refractivity (Wildman–Crippen MR) is 133 cm³/mol. The minimum atomic E-state index is -0.0779. The second-order valence-electron chi connectivity index (χ2n) is 8.87. The molecule has 2 aliphatic rings. The first-order valence-corrected chi connectivity index (χ1v) is 12.6. The maximum atomic E-state index is 12.9. The number of amides is 2. The number of hydrogen-bond acceptors (Lipinski definition) is 3. The quantitative estimate of drug-likeness (QED) is 0.537. The third-order valence-electron chi connectivity index (χ3n) is 6.59. The number of rotatable bonds is 6. The number of fused-ring (bicyclic) bond motifs is 1. The molecule has 33 heavy (non-hydrogen) atoms. The van der Waals surface area contributed by atoms with E-state index >= 15 is 0 Å². The van der Waals surface area contributed by atoms with Crippen LogP contribution in [0.5, 0.6) is 0 Å². The predicted octanol–water partition coefficient (Wildman–Crippen LogP) is 5.44. The molecule has 1 aliphatic heterocycles. The Morgan fingerprint density at radius 2 is 1.79 bits per heavy atom. The van der Waals surface area contributed by atoms with Crippen LogP contribution in [0.25, 0.3) is 0 Å². The molecule has 5 rings (SSSR count). The summed E-state index contributed by atoms with van der Waals surface area (Å²) in [6, 6.07) is 24.3. The summed E-state index contributed by atoms with van der Waals surface area (Å²) in [6.45, 7) is 2.63. The van der Waals surface area contributed by atoms with Crippen molar-refractivity contribution in [2.24, 2.45) is 0 Å². The number of hydrogen-bond donors (Lipinski definition) is 1. The van der Waals surface area contributed by atoms with E-state index in [2.05, 4.69) is 23.5 Å². The van der Waals surface area contributed by atoms with Gasteiger partial charge in [0.25, 0.3) is 5.91 Å². The minimum absolute atomic E-state index is 0.0276. The van der Waals surface area contributed by atoms with Gasteiger partial charge < -0.3 is 10.2 Å². The van der Waals surface area contributed by atoms with Crippen molar-refractivity contribution in [2.75, 3.05) is 5.75 Å². The van der Waals surface area contributed by atoms with Gasteiger partial charge in [-0.3, -0.25) is 9.59 Å². The molecular weight excluding hydrogens is 428 g/mol. The van der Waals surface area contributed by atoms with Gasteiger partial charge in [0.15, 0.2) is 0 Å². The van der Waals surface area contributed by atoms with E-state index in [1.165, 1.54) is 17.5 Å². The molecule has 0 bridgehead atoms. The topological polar surface area (TPSA) is 49.4 Å². The molecule has 1 saturated heterocycles. The van der Waals surface area contributed by atoms with E-state index in [0.717, 1.165) is 29.5 Å². The van der Waals surface area contributed by atoms with Gasteiger partial charge >= 0.3 is 0 Å². The number of aryl methyl sites for hydroxylation is 2. The molecule has 1 N–H and O–H groups in total. The van der Waals surface area contributed by atoms with Crippen molar-refractivity contribution >= 4 is 23.6 Å². The van der Waals surface area contributed by atoms with Crippen LogP contribution in [0, 0.1) is 0 Å². The first kappa shape index (κ1) is 21.8. The first-order valence-electron chi connectivity index (χ1n) is 11.6. The Hall–Kier alpha value is -3.05. The third kappa shape index (κ3) is 4.69. The fraction of sp³-hybridized carbons (Fsp3) is 0.286. The van der Waals surface area contributed by atoms with E-state index in [4.69, 9.17) is 0 Å². The average Bonchev–Trinajstić information content (AvgIpc) is 3.46. The van der Waals surface area contributed by atoms with Gasteiger partial charge in [-0.2, -0.15) is 0 Å². The zero-order chi connectivity index (χ0) is 22.8. The Labute approximate surface area is 199 Å². The van der Waals surface area contributed by atoms with Crippen molar-refractivity contribution in [1.29, 1.82) is 0 Å². The number of benzene rings is 3. The maximum absolute atomic E-state index is 12.9. The molecule has 0 spiro atoms. The van der Waals surface area contributed by atoms with Crippen LogP contribution >= 0.6 is 11.8 Å². The third-order valence-corrected chi connectivity index (χ3v) is 7.85. The Balaban J connectivity index is 1.26. The van der Waals surface area contributed by atoms with Crippen LogP contribution in [0.3, 0.4) is 0 Å². The van der Waals surface area contributed by atoms with Crippen LogP contribution in [0.15, 0.2) is 72.8 Å². The Bertz CT molecular complexity index is 1160. The maximum Gasteiger partial charge on any atom is 0.251 e. The highest BCUT2D eigenvalue weighted by atomic mass is 32.2. The van der Waals surface area contributed by atoms with E-state index in [1.54, 1.807) is 11.8 Å². The summed E-state index contributed by atoms with van der Waals surface area (Å²) in [6.07, 6.45) is 3.52. The Kier molecular flexibility index (Phi) is 6.23. The minimum Gasteiger partial charge on any atom is -0.346 e. The summed E-state index contributed by atoms with van der Waals surface area (Å²) in [7, 11) is 0. The molecule has 2 atom stereocenters. The van der Waals surface area contributed by atoms with E-state index in [0.29, 0.717) is 17.9 Å². The second-order valence-corrected chi connectivity index (χ2v) is 9.94. The van der Waals surface area contributed by atoms with Crippen LogP contribution in [0.4, 0.5) is 0 Å². The molecular formula is C28H28N2O2S. The normalized spacial score (nSPS) is 18.3. The van der Waals surface area contributed by atoms with Gasteiger partial charge in [-0.1, -0.05) is 60.7 Å². The van der Waals surface area contributed by atoms with Crippen LogP contribution in [0.1, 0.15) is 62.9 Å². The molecule has 1 heterocycles. The Morgan fingerprint density at radius 3 is 2.58 bits per heavy atom. The number of nitrogens with zero attached hydrogens (tertiary/aromatic N) is 1. The number of carbonyl (C=O) groups excluding carboxylic acids is 2. The van der Waals surface area contributed by atoms with Crippen molar-refractivity contribution in [3.63, 3.8) is 0 Å². The fourth-order valence-electron chi connectivity index (χ4n) is 4.70. The van der Waals surface area contributed by atoms with Crippen LogP contribution < -0.4 is 5.32 Å².